The van der Waals surface area contributed by atoms with Crippen molar-refractivity contribution in [2.75, 3.05) is 0 Å². The summed E-state index contributed by atoms with van der Waals surface area (Å²) in [7, 11) is -3.52. The zero-order valence-electron chi connectivity index (χ0n) is 11.2. The first-order valence-corrected chi connectivity index (χ1v) is 8.07. The van der Waals surface area contributed by atoms with E-state index in [0.717, 1.165) is 0 Å². The van der Waals surface area contributed by atoms with E-state index in [0.29, 0.717) is 17.0 Å². The Morgan fingerprint density at radius 3 is 2.86 bits per heavy atom. The van der Waals surface area contributed by atoms with Crippen molar-refractivity contribution >= 4 is 27.2 Å². The summed E-state index contributed by atoms with van der Waals surface area (Å²) in [5.41, 5.74) is 6.75. The molecule has 0 atom stereocenters. The molecule has 2 aromatic rings. The normalized spacial score (nSPS) is 11.5. The van der Waals surface area contributed by atoms with Crippen molar-refractivity contribution in [1.29, 1.82) is 0 Å². The number of sulfonamides is 1. The molecule has 1 heterocycles. The molecule has 0 amide bonds. The monoisotopic (exact) mass is 326 g/mol. The minimum absolute atomic E-state index is 0.0192. The maximum Gasteiger partial charge on any atom is 0.223 e. The van der Waals surface area contributed by atoms with E-state index in [-0.39, 0.29) is 23.1 Å². The predicted molar refractivity (Wildman–Crippen MR) is 80.8 cm³/mol. The molecule has 0 radical (unpaired) electrons. The van der Waals surface area contributed by atoms with Gasteiger partial charge in [0, 0.05) is 12.5 Å². The number of thiocarbonyl (C=S) groups is 1. The van der Waals surface area contributed by atoms with Crippen molar-refractivity contribution in [1.82, 2.24) is 14.9 Å². The second-order valence-corrected chi connectivity index (χ2v) is 6.62. The van der Waals surface area contributed by atoms with Gasteiger partial charge in [0.25, 0.3) is 0 Å². The van der Waals surface area contributed by atoms with E-state index < -0.39 is 10.0 Å². The van der Waals surface area contributed by atoms with Gasteiger partial charge < -0.3 is 10.3 Å². The van der Waals surface area contributed by atoms with Gasteiger partial charge in [0.1, 0.15) is 4.99 Å². The van der Waals surface area contributed by atoms with Crippen LogP contribution in [0.15, 0.2) is 28.8 Å². The lowest BCUT2D eigenvalue weighted by Crippen LogP contribution is -2.25. The van der Waals surface area contributed by atoms with Crippen LogP contribution in [0.5, 0.6) is 0 Å². The number of hydrogen-bond acceptors (Lipinski definition) is 6. The Bertz CT molecular complexity index is 755. The first-order valence-electron chi connectivity index (χ1n) is 6.01. The summed E-state index contributed by atoms with van der Waals surface area (Å²) >= 11 is 4.87. The molecule has 112 valence electrons. The predicted octanol–water partition coefficient (Wildman–Crippen LogP) is 0.632. The van der Waals surface area contributed by atoms with Gasteiger partial charge in [-0.1, -0.05) is 35.6 Å². The van der Waals surface area contributed by atoms with E-state index in [9.17, 15) is 8.42 Å². The minimum Gasteiger partial charge on any atom is -0.389 e. The molecule has 21 heavy (non-hydrogen) atoms. The molecule has 0 unspecified atom stereocenters. The fourth-order valence-electron chi connectivity index (χ4n) is 1.67. The number of rotatable bonds is 6. The molecule has 2 rings (SSSR count). The van der Waals surface area contributed by atoms with Crippen LogP contribution < -0.4 is 10.5 Å². The number of aromatic nitrogens is 2. The maximum atomic E-state index is 12.0. The van der Waals surface area contributed by atoms with Gasteiger partial charge in [-0.3, -0.25) is 0 Å². The Balaban J connectivity index is 2.03. The van der Waals surface area contributed by atoms with Crippen LogP contribution in [-0.2, 0) is 22.3 Å². The lowest BCUT2D eigenvalue weighted by atomic mass is 10.1. The van der Waals surface area contributed by atoms with Crippen molar-refractivity contribution in [2.45, 2.75) is 19.2 Å². The highest BCUT2D eigenvalue weighted by atomic mass is 32.2. The summed E-state index contributed by atoms with van der Waals surface area (Å²) < 4.78 is 31.2. The Kier molecular flexibility index (Phi) is 4.66. The SMILES string of the molecule is Cc1nc(CNS(=O)(=O)Cc2cccc(C(N)=S)c2)no1. The molecule has 0 saturated heterocycles. The average molecular weight is 326 g/mol. The maximum absolute atomic E-state index is 12.0. The van der Waals surface area contributed by atoms with Crippen molar-refractivity contribution in [3.05, 3.63) is 47.1 Å². The topological polar surface area (TPSA) is 111 Å². The summed E-state index contributed by atoms with van der Waals surface area (Å²) in [6.45, 7) is 1.61. The van der Waals surface area contributed by atoms with E-state index in [2.05, 4.69) is 14.9 Å². The van der Waals surface area contributed by atoms with Gasteiger partial charge in [-0.2, -0.15) is 4.98 Å². The van der Waals surface area contributed by atoms with Gasteiger partial charge in [0.05, 0.1) is 12.3 Å². The Morgan fingerprint density at radius 1 is 1.48 bits per heavy atom. The molecule has 0 saturated carbocycles. The minimum atomic E-state index is -3.52. The van der Waals surface area contributed by atoms with Gasteiger partial charge in [-0.15, -0.1) is 0 Å². The highest BCUT2D eigenvalue weighted by Crippen LogP contribution is 2.09. The quantitative estimate of drug-likeness (QED) is 0.749. The van der Waals surface area contributed by atoms with E-state index in [1.165, 1.54) is 0 Å². The first kappa shape index (κ1) is 15.5. The standard InChI is InChI=1S/C12H14N4O3S2/c1-8-15-11(16-19-8)6-14-21(17,18)7-9-3-2-4-10(5-9)12(13)20/h2-5,14H,6-7H2,1H3,(H2,13,20). The Labute approximate surface area is 127 Å². The van der Waals surface area contributed by atoms with Crippen molar-refractivity contribution in [3.8, 4) is 0 Å². The lowest BCUT2D eigenvalue weighted by Gasteiger charge is -2.06. The second-order valence-electron chi connectivity index (χ2n) is 4.37. The molecule has 0 aliphatic heterocycles. The molecule has 9 heteroatoms. The molecule has 3 N–H and O–H groups in total. The molecule has 0 aliphatic carbocycles. The number of nitrogens with two attached hydrogens (primary N) is 1. The highest BCUT2D eigenvalue weighted by Gasteiger charge is 2.13. The molecule has 1 aromatic heterocycles. The summed E-state index contributed by atoms with van der Waals surface area (Å²) in [5.74, 6) is 0.488. The van der Waals surface area contributed by atoms with Crippen molar-refractivity contribution in [3.63, 3.8) is 0 Å². The van der Waals surface area contributed by atoms with Gasteiger partial charge in [0.15, 0.2) is 5.82 Å². The molecule has 0 spiro atoms. The Hall–Kier alpha value is -1.84. The van der Waals surface area contributed by atoms with Crippen LogP contribution in [0.1, 0.15) is 22.8 Å². The van der Waals surface area contributed by atoms with E-state index in [1.54, 1.807) is 31.2 Å². The van der Waals surface area contributed by atoms with Gasteiger partial charge in [-0.05, 0) is 11.6 Å². The van der Waals surface area contributed by atoms with Gasteiger partial charge in [0.2, 0.25) is 15.9 Å². The third-order valence-electron chi connectivity index (χ3n) is 2.59. The van der Waals surface area contributed by atoms with E-state index in [1.807, 2.05) is 0 Å². The molecule has 0 aliphatic rings. The molecule has 0 bridgehead atoms. The molecular formula is C12H14N4O3S2. The summed E-state index contributed by atoms with van der Waals surface area (Å²) in [6.07, 6.45) is 0. The van der Waals surface area contributed by atoms with E-state index in [4.69, 9.17) is 22.5 Å². The van der Waals surface area contributed by atoms with E-state index >= 15 is 0 Å². The summed E-state index contributed by atoms with van der Waals surface area (Å²) in [4.78, 5) is 4.15. The van der Waals surface area contributed by atoms with Gasteiger partial charge >= 0.3 is 0 Å². The smallest absolute Gasteiger partial charge is 0.223 e. The van der Waals surface area contributed by atoms with Crippen LogP contribution in [-0.4, -0.2) is 23.5 Å². The number of nitrogens with one attached hydrogen (secondary N) is 1. The summed E-state index contributed by atoms with van der Waals surface area (Å²) in [6, 6.07) is 6.79. The van der Waals surface area contributed by atoms with Gasteiger partial charge in [-0.25, -0.2) is 13.1 Å². The van der Waals surface area contributed by atoms with Crippen LogP contribution in [0.25, 0.3) is 0 Å². The molecule has 7 nitrogen and oxygen atoms in total. The second kappa shape index (κ2) is 6.29. The number of benzene rings is 1. The fraction of sp³-hybridized carbons (Fsp3) is 0.250. The van der Waals surface area contributed by atoms with Crippen LogP contribution in [0.4, 0.5) is 0 Å². The summed E-state index contributed by atoms with van der Waals surface area (Å²) in [5, 5.41) is 3.62. The number of hydrogen-bond donors (Lipinski definition) is 2. The van der Waals surface area contributed by atoms with Crippen LogP contribution >= 0.6 is 12.2 Å². The number of nitrogens with zero attached hydrogens (tertiary/aromatic N) is 2. The third-order valence-corrected chi connectivity index (χ3v) is 4.12. The zero-order valence-corrected chi connectivity index (χ0v) is 12.9. The van der Waals surface area contributed by atoms with Crippen LogP contribution in [0.2, 0.25) is 0 Å². The lowest BCUT2D eigenvalue weighted by molar-refractivity contribution is 0.387. The number of aryl methyl sites for hydroxylation is 1. The molecular weight excluding hydrogens is 312 g/mol. The Morgan fingerprint density at radius 2 is 2.24 bits per heavy atom. The highest BCUT2D eigenvalue weighted by molar-refractivity contribution is 7.88. The van der Waals surface area contributed by atoms with Crippen LogP contribution in [0, 0.1) is 6.92 Å². The molecule has 0 fully saturated rings. The average Bonchev–Trinajstić information content (AvgIpc) is 2.82. The fourth-order valence-corrected chi connectivity index (χ4v) is 2.87. The first-order chi connectivity index (χ1) is 9.85. The van der Waals surface area contributed by atoms with Crippen LogP contribution in [0.3, 0.4) is 0 Å². The van der Waals surface area contributed by atoms with Crippen molar-refractivity contribution < 1.29 is 12.9 Å². The third kappa shape index (κ3) is 4.59. The zero-order chi connectivity index (χ0) is 15.5. The van der Waals surface area contributed by atoms with Crippen molar-refractivity contribution in [2.24, 2.45) is 5.73 Å². The largest absolute Gasteiger partial charge is 0.389 e. The molecule has 1 aromatic carbocycles.